The van der Waals surface area contributed by atoms with E-state index >= 15 is 0 Å². The van der Waals surface area contributed by atoms with Gasteiger partial charge in [-0.05, 0) is 27.7 Å². The zero-order valence-corrected chi connectivity index (χ0v) is 12.2. The lowest BCUT2D eigenvalue weighted by Crippen LogP contribution is -2.53. The van der Waals surface area contributed by atoms with E-state index in [0.717, 1.165) is 24.1 Å². The van der Waals surface area contributed by atoms with Gasteiger partial charge in [0.25, 0.3) is 0 Å². The Balaban J connectivity index is 0. The lowest BCUT2D eigenvalue weighted by molar-refractivity contribution is -0.964. The van der Waals surface area contributed by atoms with E-state index in [0.29, 0.717) is 0 Å². The summed E-state index contributed by atoms with van der Waals surface area (Å²) >= 11 is 0. The average Bonchev–Trinajstić information content (AvgIpc) is 2.20. The molecule has 0 bridgehead atoms. The lowest BCUT2D eigenvalue weighted by atomic mass is 10.3. The maximum atomic E-state index is 9.45. The highest BCUT2D eigenvalue weighted by Crippen LogP contribution is 2.09. The van der Waals surface area contributed by atoms with Crippen molar-refractivity contribution < 1.29 is 26.7 Å². The fraction of sp³-hybridized carbons (Fsp3) is 1.00. The molecule has 17 heavy (non-hydrogen) atoms. The maximum Gasteiger partial charge on any atom is 0.217 e. The van der Waals surface area contributed by atoms with Gasteiger partial charge < -0.3 is 9.66 Å². The molecule has 1 N–H and O–H groups in total. The van der Waals surface area contributed by atoms with E-state index < -0.39 is 10.4 Å². The fourth-order valence-corrected chi connectivity index (χ4v) is 1.90. The van der Waals surface area contributed by atoms with Crippen LogP contribution in [0.15, 0.2) is 0 Å². The Morgan fingerprint density at radius 2 is 1.53 bits per heavy atom. The number of aliphatic hydroxyl groups excluding tert-OH is 1. The molecule has 0 saturated carbocycles. The summed E-state index contributed by atoms with van der Waals surface area (Å²) in [5.41, 5.74) is 0. The molecule has 0 amide bonds. The van der Waals surface area contributed by atoms with Gasteiger partial charge in [-0.2, -0.15) is 0 Å². The first-order valence-electron chi connectivity index (χ1n) is 5.83. The highest BCUT2D eigenvalue weighted by Gasteiger charge is 2.25. The summed E-state index contributed by atoms with van der Waals surface area (Å²) < 4.78 is 32.8. The first-order valence-corrected chi connectivity index (χ1v) is 7.16. The van der Waals surface area contributed by atoms with Gasteiger partial charge >= 0.3 is 0 Å². The molecule has 0 aliphatic carbocycles. The Morgan fingerprint density at radius 1 is 1.18 bits per heavy atom. The van der Waals surface area contributed by atoms with Crippen LogP contribution in [0.1, 0.15) is 34.6 Å². The van der Waals surface area contributed by atoms with E-state index in [9.17, 15) is 18.1 Å². The van der Waals surface area contributed by atoms with E-state index in [1.54, 1.807) is 0 Å². The summed E-state index contributed by atoms with van der Waals surface area (Å²) in [4.78, 5) is 0. The van der Waals surface area contributed by atoms with Crippen molar-refractivity contribution in [2.45, 2.75) is 40.8 Å². The van der Waals surface area contributed by atoms with Crippen LogP contribution < -0.4 is 0 Å². The van der Waals surface area contributed by atoms with Gasteiger partial charge in [0.15, 0.2) is 6.23 Å². The predicted molar refractivity (Wildman–Crippen MR) is 64.9 cm³/mol. The van der Waals surface area contributed by atoms with E-state index in [2.05, 4.69) is 25.0 Å². The van der Waals surface area contributed by atoms with Gasteiger partial charge in [0.1, 0.15) is 0 Å². The summed E-state index contributed by atoms with van der Waals surface area (Å²) in [5, 5.41) is 9.43. The molecule has 7 heteroatoms. The van der Waals surface area contributed by atoms with Gasteiger partial charge in [0.05, 0.1) is 26.2 Å². The molecule has 0 fully saturated rings. The Bertz CT molecular complexity index is 264. The molecule has 0 aliphatic heterocycles. The van der Waals surface area contributed by atoms with Crippen molar-refractivity contribution in [3.05, 3.63) is 0 Å². The van der Waals surface area contributed by atoms with Gasteiger partial charge in [-0.1, -0.05) is 0 Å². The first kappa shape index (κ1) is 19.1. The Morgan fingerprint density at radius 3 is 1.53 bits per heavy atom. The first-order chi connectivity index (χ1) is 7.69. The molecule has 0 aliphatic rings. The minimum absolute atomic E-state index is 0.0914. The lowest BCUT2D eigenvalue weighted by Gasteiger charge is -2.38. The van der Waals surface area contributed by atoms with Crippen molar-refractivity contribution in [3.63, 3.8) is 0 Å². The van der Waals surface area contributed by atoms with Gasteiger partial charge in [0.2, 0.25) is 10.4 Å². The van der Waals surface area contributed by atoms with Crippen LogP contribution in [0.25, 0.3) is 0 Å². The monoisotopic (exact) mass is 271 g/mol. The largest absolute Gasteiger partial charge is 0.726 e. The van der Waals surface area contributed by atoms with Crippen molar-refractivity contribution in [1.29, 1.82) is 0 Å². The number of hydrogen-bond acceptors (Lipinski definition) is 5. The molecule has 0 spiro atoms. The SMILES string of the molecule is CCOS(=O)(=O)[O-].CC[N+](CC)(CC)C(C)O. The molecule has 0 rings (SSSR count). The van der Waals surface area contributed by atoms with E-state index in [-0.39, 0.29) is 12.8 Å². The Hall–Kier alpha value is -0.210. The topological polar surface area (TPSA) is 86.7 Å². The van der Waals surface area contributed by atoms with Crippen LogP contribution in [-0.2, 0) is 14.6 Å². The van der Waals surface area contributed by atoms with E-state index in [4.69, 9.17) is 0 Å². The van der Waals surface area contributed by atoms with Crippen molar-refractivity contribution in [3.8, 4) is 0 Å². The van der Waals surface area contributed by atoms with Gasteiger partial charge in [-0.3, -0.25) is 8.67 Å². The van der Waals surface area contributed by atoms with Crippen molar-refractivity contribution in [2.75, 3.05) is 26.2 Å². The van der Waals surface area contributed by atoms with Crippen LogP contribution in [0, 0.1) is 0 Å². The second-order valence-corrected chi connectivity index (χ2v) is 4.67. The quantitative estimate of drug-likeness (QED) is 0.332. The average molecular weight is 271 g/mol. The van der Waals surface area contributed by atoms with Crippen LogP contribution in [0.2, 0.25) is 0 Å². The molecular formula is C10H25NO5S. The molecule has 0 heterocycles. The van der Waals surface area contributed by atoms with Crippen LogP contribution in [0.3, 0.4) is 0 Å². The molecule has 0 saturated heterocycles. The third-order valence-corrected chi connectivity index (χ3v) is 3.47. The zero-order chi connectivity index (χ0) is 14.1. The Labute approximate surface area is 105 Å². The van der Waals surface area contributed by atoms with E-state index in [1.165, 1.54) is 6.92 Å². The molecule has 6 nitrogen and oxygen atoms in total. The molecule has 0 radical (unpaired) electrons. The van der Waals surface area contributed by atoms with Crippen molar-refractivity contribution in [2.24, 2.45) is 0 Å². The summed E-state index contributed by atoms with van der Waals surface area (Å²) in [6.45, 7) is 12.6. The highest BCUT2D eigenvalue weighted by molar-refractivity contribution is 7.80. The predicted octanol–water partition coefficient (Wildman–Crippen LogP) is 0.684. The van der Waals surface area contributed by atoms with Gasteiger partial charge in [-0.15, -0.1) is 0 Å². The number of quaternary nitrogens is 1. The van der Waals surface area contributed by atoms with Gasteiger partial charge in [0, 0.05) is 6.92 Å². The minimum atomic E-state index is -4.42. The van der Waals surface area contributed by atoms with E-state index in [1.807, 2.05) is 6.92 Å². The third-order valence-electron chi connectivity index (χ3n) is 2.94. The highest BCUT2D eigenvalue weighted by atomic mass is 32.3. The van der Waals surface area contributed by atoms with Crippen molar-refractivity contribution in [1.82, 2.24) is 0 Å². The molecule has 1 atom stereocenters. The zero-order valence-electron chi connectivity index (χ0n) is 11.3. The van der Waals surface area contributed by atoms with Gasteiger partial charge in [-0.25, -0.2) is 8.42 Å². The van der Waals surface area contributed by atoms with Crippen LogP contribution in [0.5, 0.6) is 0 Å². The second kappa shape index (κ2) is 8.82. The standard InChI is InChI=1S/C8H20NO.C2H6O4S/c1-5-9(6-2,7-3)8(4)10;1-2-6-7(3,4)5/h8,10H,5-7H2,1-4H3;2H2,1H3,(H,3,4,5)/q+1;/p-1. The van der Waals surface area contributed by atoms with Crippen LogP contribution in [-0.4, -0.2) is 55.0 Å². The normalized spacial score (nSPS) is 13.8. The maximum absolute atomic E-state index is 9.45. The van der Waals surface area contributed by atoms with Crippen LogP contribution >= 0.6 is 0 Å². The fourth-order valence-electron chi connectivity index (χ4n) is 1.61. The summed E-state index contributed by atoms with van der Waals surface area (Å²) in [5.74, 6) is 0. The number of hydrogen-bond donors (Lipinski definition) is 1. The summed E-state index contributed by atoms with van der Waals surface area (Å²) in [6, 6.07) is 0. The second-order valence-electron chi connectivity index (χ2n) is 3.61. The molecule has 0 aromatic heterocycles. The molecule has 0 aromatic carbocycles. The Kier molecular flexibility index (Phi) is 9.93. The smallest absolute Gasteiger partial charge is 0.217 e. The number of nitrogens with zero attached hydrogens (tertiary/aromatic N) is 1. The summed E-state index contributed by atoms with van der Waals surface area (Å²) in [6.07, 6.45) is -0.222. The third kappa shape index (κ3) is 8.50. The molecule has 0 aromatic rings. The number of aliphatic hydroxyl groups is 1. The minimum Gasteiger partial charge on any atom is -0.726 e. The summed E-state index contributed by atoms with van der Waals surface area (Å²) in [7, 11) is -4.42. The van der Waals surface area contributed by atoms with Crippen molar-refractivity contribution >= 4 is 10.4 Å². The van der Waals surface area contributed by atoms with Crippen LogP contribution in [0.4, 0.5) is 0 Å². The molecule has 1 unspecified atom stereocenters. The molecule has 106 valence electrons. The molecular weight excluding hydrogens is 246 g/mol. The number of rotatable bonds is 6.